The van der Waals surface area contributed by atoms with E-state index in [4.69, 9.17) is 10.5 Å². The summed E-state index contributed by atoms with van der Waals surface area (Å²) in [4.78, 5) is 32.3. The lowest BCUT2D eigenvalue weighted by molar-refractivity contribution is -0.131. The number of thiazole rings is 1. The van der Waals surface area contributed by atoms with E-state index in [1.165, 1.54) is 4.31 Å². The molecule has 1 unspecified atom stereocenters. The minimum Gasteiger partial charge on any atom is -0.390 e. The molecule has 47 heavy (non-hydrogen) atoms. The number of rotatable bonds is 16. The summed E-state index contributed by atoms with van der Waals surface area (Å²) in [5.41, 5.74) is 6.81. The van der Waals surface area contributed by atoms with E-state index in [9.17, 15) is 28.2 Å². The fourth-order valence-electron chi connectivity index (χ4n) is 6.25. The molecule has 1 aliphatic carbocycles. The van der Waals surface area contributed by atoms with Gasteiger partial charge in [-0.05, 0) is 36.7 Å². The standard InChI is InChI=1S/C32H50N6O7S2/c1-21(2)17-27(39)29(40)24(18-22-9-5-3-6-10-22)34-31(42)28(26-20-46-32(33)35-26)36-30(41)25(19-23-11-7-4-8-12-23)37-47(43,44)38-13-15-45-16-14-38/h4,7-8,11-12,20-22,24-25,27-29,37,39-40H,3,5-6,9-10,13-19H2,1-2H3,(H2,33,35)(H,34,42)(H,36,41)/t24-,25-,27-,28?,29+/m0/s1. The van der Waals surface area contributed by atoms with Gasteiger partial charge in [0.05, 0.1) is 31.1 Å². The van der Waals surface area contributed by atoms with E-state index in [0.29, 0.717) is 18.4 Å². The van der Waals surface area contributed by atoms with Crippen LogP contribution in [0.15, 0.2) is 35.7 Å². The predicted octanol–water partition coefficient (Wildman–Crippen LogP) is 1.88. The van der Waals surface area contributed by atoms with E-state index in [0.717, 1.165) is 43.4 Å². The number of nitrogens with zero attached hydrogens (tertiary/aromatic N) is 2. The number of carbonyl (C=O) groups is 2. The zero-order valence-electron chi connectivity index (χ0n) is 27.2. The summed E-state index contributed by atoms with van der Waals surface area (Å²) in [6.45, 7) is 4.66. The zero-order valence-corrected chi connectivity index (χ0v) is 28.8. The maximum absolute atomic E-state index is 14.0. The Bertz CT molecular complexity index is 1380. The number of benzene rings is 1. The van der Waals surface area contributed by atoms with Crippen molar-refractivity contribution in [1.82, 2.24) is 24.6 Å². The second-order valence-corrected chi connectivity index (χ2v) is 15.6. The Morgan fingerprint density at radius 1 is 1.06 bits per heavy atom. The molecular weight excluding hydrogens is 645 g/mol. The Balaban J connectivity index is 1.59. The van der Waals surface area contributed by atoms with E-state index in [-0.39, 0.29) is 55.4 Å². The molecule has 2 amide bonds. The number of aliphatic hydroxyl groups excluding tert-OH is 2. The van der Waals surface area contributed by atoms with Gasteiger partial charge in [-0.15, -0.1) is 11.3 Å². The molecule has 1 aliphatic heterocycles. The average Bonchev–Trinajstić information content (AvgIpc) is 3.49. The monoisotopic (exact) mass is 694 g/mol. The van der Waals surface area contributed by atoms with E-state index in [2.05, 4.69) is 20.3 Å². The third-order valence-electron chi connectivity index (χ3n) is 8.74. The number of anilines is 1. The van der Waals surface area contributed by atoms with Crippen LogP contribution in [-0.2, 0) is 31.0 Å². The van der Waals surface area contributed by atoms with Crippen LogP contribution in [0.1, 0.15) is 76.1 Å². The fraction of sp³-hybridized carbons (Fsp3) is 0.656. The van der Waals surface area contributed by atoms with Crippen molar-refractivity contribution in [3.63, 3.8) is 0 Å². The highest BCUT2D eigenvalue weighted by Gasteiger charge is 2.37. The molecule has 0 spiro atoms. The highest BCUT2D eigenvalue weighted by atomic mass is 32.2. The van der Waals surface area contributed by atoms with Gasteiger partial charge in [0.1, 0.15) is 12.1 Å². The van der Waals surface area contributed by atoms with Crippen molar-refractivity contribution in [2.24, 2.45) is 11.8 Å². The molecule has 0 radical (unpaired) electrons. The third kappa shape index (κ3) is 11.2. The Labute approximate surface area is 281 Å². The number of carbonyl (C=O) groups excluding carboxylic acids is 2. The summed E-state index contributed by atoms with van der Waals surface area (Å²) >= 11 is 1.10. The van der Waals surface area contributed by atoms with Gasteiger partial charge >= 0.3 is 0 Å². The Kier molecular flexibility index (Phi) is 14.0. The van der Waals surface area contributed by atoms with Gasteiger partial charge < -0.3 is 31.3 Å². The lowest BCUT2D eigenvalue weighted by atomic mass is 9.82. The van der Waals surface area contributed by atoms with Crippen LogP contribution in [0.2, 0.25) is 0 Å². The van der Waals surface area contributed by atoms with Gasteiger partial charge in [-0.2, -0.15) is 17.4 Å². The lowest BCUT2D eigenvalue weighted by Gasteiger charge is -2.33. The summed E-state index contributed by atoms with van der Waals surface area (Å²) in [5, 5.41) is 29.5. The number of nitrogens with one attached hydrogen (secondary N) is 3. The van der Waals surface area contributed by atoms with Crippen LogP contribution in [0, 0.1) is 11.8 Å². The van der Waals surface area contributed by atoms with E-state index >= 15 is 0 Å². The molecule has 4 rings (SSSR count). The van der Waals surface area contributed by atoms with Gasteiger partial charge in [0.15, 0.2) is 11.2 Å². The number of aliphatic hydroxyl groups is 2. The minimum atomic E-state index is -4.08. The number of ether oxygens (including phenoxy) is 1. The molecule has 2 aromatic rings. The summed E-state index contributed by atoms with van der Waals surface area (Å²) < 4.78 is 35.8. The largest absolute Gasteiger partial charge is 0.390 e. The molecule has 0 bridgehead atoms. The summed E-state index contributed by atoms with van der Waals surface area (Å²) in [6, 6.07) is 5.58. The van der Waals surface area contributed by atoms with Gasteiger partial charge in [0.2, 0.25) is 11.8 Å². The highest BCUT2D eigenvalue weighted by Crippen LogP contribution is 2.29. The SMILES string of the molecule is CC(C)C[C@H](O)[C@H](O)[C@H](CC1CCCCC1)NC(=O)C(NC(=O)[C@H](Cc1ccccc1)NS(=O)(=O)N1CCOCC1)c1csc(N)n1. The van der Waals surface area contributed by atoms with E-state index < -0.39 is 52.4 Å². The molecule has 15 heteroatoms. The van der Waals surface area contributed by atoms with E-state index in [1.54, 1.807) is 29.6 Å². The van der Waals surface area contributed by atoms with Gasteiger partial charge in [-0.1, -0.05) is 76.3 Å². The first-order valence-electron chi connectivity index (χ1n) is 16.5. The lowest BCUT2D eigenvalue weighted by Crippen LogP contribution is -2.57. The van der Waals surface area contributed by atoms with Crippen molar-refractivity contribution < 1.29 is 33.0 Å². The topological polar surface area (TPSA) is 196 Å². The molecule has 2 heterocycles. The predicted molar refractivity (Wildman–Crippen MR) is 180 cm³/mol. The number of hydrogen-bond donors (Lipinski definition) is 6. The molecule has 2 fully saturated rings. The Morgan fingerprint density at radius 3 is 2.36 bits per heavy atom. The van der Waals surface area contributed by atoms with Crippen LogP contribution in [0.3, 0.4) is 0 Å². The quantitative estimate of drug-likeness (QED) is 0.152. The van der Waals surface area contributed by atoms with Crippen LogP contribution in [0.25, 0.3) is 0 Å². The summed E-state index contributed by atoms with van der Waals surface area (Å²) in [6.07, 6.45) is 3.76. The molecule has 13 nitrogen and oxygen atoms in total. The molecule has 1 aromatic heterocycles. The Hall–Kier alpha value is -2.66. The first-order chi connectivity index (χ1) is 22.4. The molecular formula is C32H50N6O7S2. The molecule has 1 aromatic carbocycles. The van der Waals surface area contributed by atoms with E-state index in [1.807, 2.05) is 19.9 Å². The maximum atomic E-state index is 14.0. The molecule has 262 valence electrons. The van der Waals surface area contributed by atoms with Gasteiger partial charge in [-0.3, -0.25) is 9.59 Å². The Morgan fingerprint density at radius 2 is 1.74 bits per heavy atom. The van der Waals surface area contributed by atoms with Crippen LogP contribution in [-0.4, -0.2) is 90.3 Å². The third-order valence-corrected chi connectivity index (χ3v) is 11.1. The summed E-state index contributed by atoms with van der Waals surface area (Å²) in [5.74, 6) is -0.988. The minimum absolute atomic E-state index is 0.0220. The van der Waals surface area contributed by atoms with Crippen LogP contribution < -0.4 is 21.1 Å². The molecule has 1 saturated heterocycles. The molecule has 7 N–H and O–H groups in total. The number of nitrogen functional groups attached to an aromatic ring is 1. The van der Waals surface area contributed by atoms with Crippen molar-refractivity contribution in [1.29, 1.82) is 0 Å². The van der Waals surface area contributed by atoms with Crippen molar-refractivity contribution in [2.75, 3.05) is 32.0 Å². The van der Waals surface area contributed by atoms with Crippen LogP contribution >= 0.6 is 11.3 Å². The summed E-state index contributed by atoms with van der Waals surface area (Å²) in [7, 11) is -4.08. The van der Waals surface area contributed by atoms with Gasteiger partial charge in [-0.25, -0.2) is 4.98 Å². The van der Waals surface area contributed by atoms with Crippen molar-refractivity contribution >= 4 is 38.5 Å². The van der Waals surface area contributed by atoms with Crippen molar-refractivity contribution in [3.05, 3.63) is 47.0 Å². The zero-order chi connectivity index (χ0) is 34.0. The average molecular weight is 695 g/mol. The molecule has 1 saturated carbocycles. The number of morpholine rings is 1. The number of aromatic nitrogens is 1. The number of amides is 2. The second kappa shape index (κ2) is 17.7. The number of hydrogen-bond acceptors (Lipinski definition) is 10. The van der Waals surface area contributed by atoms with Crippen molar-refractivity contribution in [3.8, 4) is 0 Å². The number of nitrogens with two attached hydrogens (primary N) is 1. The van der Waals surface area contributed by atoms with Crippen LogP contribution in [0.4, 0.5) is 5.13 Å². The maximum Gasteiger partial charge on any atom is 0.280 e. The van der Waals surface area contributed by atoms with Crippen LogP contribution in [0.5, 0.6) is 0 Å². The highest BCUT2D eigenvalue weighted by molar-refractivity contribution is 7.87. The molecule has 2 aliphatic rings. The normalized spacial score (nSPS) is 19.9. The first kappa shape index (κ1) is 37.2. The second-order valence-electron chi connectivity index (χ2n) is 13.0. The molecule has 5 atom stereocenters. The first-order valence-corrected chi connectivity index (χ1v) is 18.8. The smallest absolute Gasteiger partial charge is 0.280 e. The van der Waals surface area contributed by atoms with Gasteiger partial charge in [0, 0.05) is 18.5 Å². The van der Waals surface area contributed by atoms with Crippen molar-refractivity contribution in [2.45, 2.75) is 95.5 Å². The van der Waals surface area contributed by atoms with Gasteiger partial charge in [0.25, 0.3) is 10.2 Å². The fourth-order valence-corrected chi connectivity index (χ4v) is 8.17.